The molecule has 130 valence electrons. The van der Waals surface area contributed by atoms with E-state index in [1.165, 1.54) is 10.5 Å². The second-order valence-corrected chi connectivity index (χ2v) is 6.40. The third kappa shape index (κ3) is 3.91. The second-order valence-electron chi connectivity index (χ2n) is 6.40. The fourth-order valence-corrected chi connectivity index (χ4v) is 3.20. The van der Waals surface area contributed by atoms with E-state index in [9.17, 15) is 4.79 Å². The lowest BCUT2D eigenvalue weighted by atomic mass is 10.1. The number of fused-ring (bicyclic) bond motifs is 1. The molecule has 1 N–H and O–H groups in total. The quantitative estimate of drug-likeness (QED) is 0.703. The van der Waals surface area contributed by atoms with E-state index in [2.05, 4.69) is 32.2 Å². The molecule has 4 heteroatoms. The Labute approximate surface area is 147 Å². The van der Waals surface area contributed by atoms with Crippen LogP contribution < -0.4 is 15.3 Å². The van der Waals surface area contributed by atoms with Gasteiger partial charge in [0.1, 0.15) is 24.4 Å². The highest BCUT2D eigenvalue weighted by atomic mass is 16.5. The fourth-order valence-electron chi connectivity index (χ4n) is 3.20. The van der Waals surface area contributed by atoms with E-state index in [0.717, 1.165) is 41.8 Å². The van der Waals surface area contributed by atoms with Crippen molar-refractivity contribution >= 4 is 11.0 Å². The van der Waals surface area contributed by atoms with Gasteiger partial charge in [0.2, 0.25) is 0 Å². The standard InChI is InChI=1S/C21H23NO3/c1-4-15-9-10-18-17(12-21(23)25-20(18)11-15)14-22(2)13-16-7-5-6-8-19(16)24-3/h5-12H,4,13-14H2,1-3H3/p+1. The lowest BCUT2D eigenvalue weighted by Crippen LogP contribution is -3.06. The summed E-state index contributed by atoms with van der Waals surface area (Å²) in [7, 11) is 3.81. The molecule has 0 saturated heterocycles. The summed E-state index contributed by atoms with van der Waals surface area (Å²) >= 11 is 0. The number of benzene rings is 2. The molecule has 1 heterocycles. The van der Waals surface area contributed by atoms with Gasteiger partial charge in [0.25, 0.3) is 0 Å². The molecule has 0 amide bonds. The zero-order valence-electron chi connectivity index (χ0n) is 15.0. The number of ether oxygens (including phenoxy) is 1. The molecule has 4 nitrogen and oxygen atoms in total. The van der Waals surface area contributed by atoms with Crippen LogP contribution in [0, 0.1) is 0 Å². The van der Waals surface area contributed by atoms with Gasteiger partial charge in [0, 0.05) is 22.6 Å². The van der Waals surface area contributed by atoms with Crippen LogP contribution in [0.2, 0.25) is 0 Å². The van der Waals surface area contributed by atoms with Crippen LogP contribution in [0.25, 0.3) is 11.0 Å². The highest BCUT2D eigenvalue weighted by Gasteiger charge is 2.13. The summed E-state index contributed by atoms with van der Waals surface area (Å²) in [4.78, 5) is 13.2. The zero-order chi connectivity index (χ0) is 17.8. The molecule has 3 rings (SSSR count). The van der Waals surface area contributed by atoms with Crippen molar-refractivity contribution in [1.82, 2.24) is 0 Å². The molecule has 0 bridgehead atoms. The number of nitrogens with one attached hydrogen (secondary N) is 1. The summed E-state index contributed by atoms with van der Waals surface area (Å²) in [6, 6.07) is 15.8. The van der Waals surface area contributed by atoms with E-state index in [4.69, 9.17) is 9.15 Å². The van der Waals surface area contributed by atoms with Gasteiger partial charge in [-0.05, 0) is 30.2 Å². The monoisotopic (exact) mass is 338 g/mol. The average molecular weight is 338 g/mol. The molecule has 0 fully saturated rings. The van der Waals surface area contributed by atoms with Crippen LogP contribution in [0.1, 0.15) is 23.6 Å². The molecule has 0 aliphatic heterocycles. The van der Waals surface area contributed by atoms with Crippen molar-refractivity contribution in [3.05, 3.63) is 75.6 Å². The molecule has 0 spiro atoms. The Morgan fingerprint density at radius 3 is 2.56 bits per heavy atom. The topological polar surface area (TPSA) is 43.9 Å². The summed E-state index contributed by atoms with van der Waals surface area (Å²) in [5.74, 6) is 0.895. The highest BCUT2D eigenvalue weighted by molar-refractivity contribution is 5.80. The third-order valence-electron chi connectivity index (χ3n) is 4.48. The molecule has 1 aromatic heterocycles. The molecular weight excluding hydrogens is 314 g/mol. The summed E-state index contributed by atoms with van der Waals surface area (Å²) < 4.78 is 10.8. The van der Waals surface area contributed by atoms with E-state index in [0.29, 0.717) is 5.58 Å². The van der Waals surface area contributed by atoms with Crippen LogP contribution >= 0.6 is 0 Å². The molecule has 0 radical (unpaired) electrons. The van der Waals surface area contributed by atoms with Crippen molar-refractivity contribution in [2.45, 2.75) is 26.4 Å². The molecule has 25 heavy (non-hydrogen) atoms. The molecule has 1 atom stereocenters. The molecule has 0 aliphatic carbocycles. The van der Waals surface area contributed by atoms with E-state index in [-0.39, 0.29) is 5.63 Å². The van der Waals surface area contributed by atoms with E-state index < -0.39 is 0 Å². The van der Waals surface area contributed by atoms with E-state index in [1.54, 1.807) is 13.2 Å². The van der Waals surface area contributed by atoms with Crippen LogP contribution in [0.15, 0.2) is 57.7 Å². The normalized spacial score (nSPS) is 12.3. The maximum absolute atomic E-state index is 11.9. The van der Waals surface area contributed by atoms with Crippen molar-refractivity contribution in [2.24, 2.45) is 0 Å². The van der Waals surface area contributed by atoms with Gasteiger partial charge in [0.15, 0.2) is 0 Å². The lowest BCUT2D eigenvalue weighted by Gasteiger charge is -2.16. The van der Waals surface area contributed by atoms with Crippen molar-refractivity contribution in [3.8, 4) is 5.75 Å². The molecule has 0 saturated carbocycles. The number of aryl methyl sites for hydroxylation is 1. The van der Waals surface area contributed by atoms with Crippen molar-refractivity contribution < 1.29 is 14.1 Å². The first-order valence-electron chi connectivity index (χ1n) is 8.59. The smallest absolute Gasteiger partial charge is 0.336 e. The number of quaternary nitrogens is 1. The molecular formula is C21H24NO3+. The minimum Gasteiger partial charge on any atom is -0.496 e. The van der Waals surface area contributed by atoms with E-state index in [1.807, 2.05) is 24.3 Å². The average Bonchev–Trinajstić information content (AvgIpc) is 2.61. The van der Waals surface area contributed by atoms with Gasteiger partial charge in [-0.15, -0.1) is 0 Å². The van der Waals surface area contributed by atoms with Gasteiger partial charge in [-0.2, -0.15) is 0 Å². The number of hydrogen-bond acceptors (Lipinski definition) is 3. The summed E-state index contributed by atoms with van der Waals surface area (Å²) in [5.41, 5.74) is 3.72. The summed E-state index contributed by atoms with van der Waals surface area (Å²) in [6.45, 7) is 3.65. The number of methoxy groups -OCH3 is 1. The molecule has 3 aromatic rings. The van der Waals surface area contributed by atoms with Gasteiger partial charge >= 0.3 is 5.63 Å². The van der Waals surface area contributed by atoms with Crippen LogP contribution in [0.3, 0.4) is 0 Å². The van der Waals surface area contributed by atoms with E-state index >= 15 is 0 Å². The minimum absolute atomic E-state index is 0.291. The largest absolute Gasteiger partial charge is 0.496 e. The first kappa shape index (κ1) is 17.2. The van der Waals surface area contributed by atoms with Crippen LogP contribution in [0.4, 0.5) is 0 Å². The predicted molar refractivity (Wildman–Crippen MR) is 99.2 cm³/mol. The first-order chi connectivity index (χ1) is 12.1. The Kier molecular flexibility index (Phi) is 5.19. The molecule has 1 unspecified atom stereocenters. The number of para-hydroxylation sites is 1. The van der Waals surface area contributed by atoms with Crippen LogP contribution in [-0.4, -0.2) is 14.2 Å². The van der Waals surface area contributed by atoms with Crippen molar-refractivity contribution in [3.63, 3.8) is 0 Å². The van der Waals surface area contributed by atoms with Gasteiger partial charge in [-0.25, -0.2) is 4.79 Å². The summed E-state index contributed by atoms with van der Waals surface area (Å²) in [5, 5.41) is 1.01. The maximum Gasteiger partial charge on any atom is 0.336 e. The zero-order valence-corrected chi connectivity index (χ0v) is 15.0. The SMILES string of the molecule is CCc1ccc2c(C[NH+](C)Cc3ccccc3OC)cc(=O)oc2c1. The highest BCUT2D eigenvalue weighted by Crippen LogP contribution is 2.19. The number of hydrogen-bond donors (Lipinski definition) is 1. The Balaban J connectivity index is 1.88. The number of rotatable bonds is 6. The minimum atomic E-state index is -0.291. The van der Waals surface area contributed by atoms with Crippen molar-refractivity contribution in [2.75, 3.05) is 14.2 Å². The first-order valence-corrected chi connectivity index (χ1v) is 8.59. The van der Waals surface area contributed by atoms with Crippen molar-refractivity contribution in [1.29, 1.82) is 0 Å². The Hall–Kier alpha value is -2.59. The van der Waals surface area contributed by atoms with Gasteiger partial charge in [-0.3, -0.25) is 0 Å². The Morgan fingerprint density at radius 2 is 1.80 bits per heavy atom. The maximum atomic E-state index is 11.9. The van der Waals surface area contributed by atoms with Crippen LogP contribution in [0.5, 0.6) is 5.75 Å². The van der Waals surface area contributed by atoms with Crippen LogP contribution in [-0.2, 0) is 19.5 Å². The molecule has 2 aromatic carbocycles. The second kappa shape index (κ2) is 7.53. The third-order valence-corrected chi connectivity index (χ3v) is 4.48. The molecule has 0 aliphatic rings. The predicted octanol–water partition coefficient (Wildman–Crippen LogP) is 2.58. The van der Waals surface area contributed by atoms with Gasteiger partial charge in [-0.1, -0.05) is 31.2 Å². The Morgan fingerprint density at radius 1 is 1.04 bits per heavy atom. The van der Waals surface area contributed by atoms with Gasteiger partial charge < -0.3 is 14.1 Å². The summed E-state index contributed by atoms with van der Waals surface area (Å²) in [6.07, 6.45) is 0.919. The Bertz CT molecular complexity index is 930. The lowest BCUT2D eigenvalue weighted by molar-refractivity contribution is -0.907. The van der Waals surface area contributed by atoms with Gasteiger partial charge in [0.05, 0.1) is 14.2 Å². The fraction of sp³-hybridized carbons (Fsp3) is 0.286.